The van der Waals surface area contributed by atoms with Crippen LogP contribution in [0.1, 0.15) is 38.1 Å². The predicted molar refractivity (Wildman–Crippen MR) is 40.9 cm³/mol. The van der Waals surface area contributed by atoms with Crippen LogP contribution in [0.4, 0.5) is 0 Å². The van der Waals surface area contributed by atoms with Crippen molar-refractivity contribution in [2.45, 2.75) is 38.1 Å². The van der Waals surface area contributed by atoms with Crippen molar-refractivity contribution in [3.05, 3.63) is 12.4 Å². The predicted octanol–water partition coefficient (Wildman–Crippen LogP) is 1.20. The minimum Gasteiger partial charge on any atom is -0.160 e. The Balaban J connectivity index is 2.04. The van der Waals surface area contributed by atoms with Crippen LogP contribution in [0, 0.1) is 0 Å². The van der Waals surface area contributed by atoms with E-state index in [0.717, 1.165) is 0 Å². The lowest BCUT2D eigenvalue weighted by atomic mass is 9.96. The van der Waals surface area contributed by atoms with E-state index in [9.17, 15) is 0 Å². The molecule has 0 saturated heterocycles. The molecule has 0 radical (unpaired) electrons. The van der Waals surface area contributed by atoms with E-state index in [1.54, 1.807) is 0 Å². The maximum Gasteiger partial charge on any atom is 0.206 e. The third kappa shape index (κ3) is 1.42. The fourth-order valence-electron chi connectivity index (χ4n) is 1.80. The van der Waals surface area contributed by atoms with Gasteiger partial charge in [0.05, 0.1) is 0 Å². The number of nitrogens with zero attached hydrogens (tertiary/aromatic N) is 2. The Hall–Kier alpha value is -0.860. The fourth-order valence-corrected chi connectivity index (χ4v) is 1.80. The maximum absolute atomic E-state index is 3.94. The number of aromatic nitrogens is 3. The van der Waals surface area contributed by atoms with Gasteiger partial charge < -0.3 is 0 Å². The van der Waals surface area contributed by atoms with Crippen LogP contribution in [0.2, 0.25) is 0 Å². The quantitative estimate of drug-likeness (QED) is 0.603. The minimum absolute atomic E-state index is 0.686. The minimum atomic E-state index is 0.686. The molecule has 0 amide bonds. The Labute approximate surface area is 66.4 Å². The first kappa shape index (κ1) is 6.83. The molecule has 1 heterocycles. The van der Waals surface area contributed by atoms with Gasteiger partial charge in [-0.25, -0.2) is 0 Å². The summed E-state index contributed by atoms with van der Waals surface area (Å²) in [6, 6.07) is 0.686. The van der Waals surface area contributed by atoms with Gasteiger partial charge >= 0.3 is 0 Å². The van der Waals surface area contributed by atoms with Crippen molar-refractivity contribution in [3.8, 4) is 0 Å². The molecule has 0 bridgehead atoms. The van der Waals surface area contributed by atoms with Crippen molar-refractivity contribution < 1.29 is 4.68 Å². The second-order valence-electron chi connectivity index (χ2n) is 3.23. The van der Waals surface area contributed by atoms with Crippen LogP contribution in [-0.4, -0.2) is 10.3 Å². The summed E-state index contributed by atoms with van der Waals surface area (Å²) in [7, 11) is 0. The molecule has 2 rings (SSSR count). The Kier molecular flexibility index (Phi) is 1.88. The SMILES string of the molecule is c1c[n+](C2CCCCC2)[nH]n1. The summed E-state index contributed by atoms with van der Waals surface area (Å²) < 4.78 is 2.12. The van der Waals surface area contributed by atoms with Crippen LogP contribution in [0.3, 0.4) is 0 Å². The highest BCUT2D eigenvalue weighted by atomic mass is 15.4. The van der Waals surface area contributed by atoms with Gasteiger partial charge in [0.2, 0.25) is 6.20 Å². The van der Waals surface area contributed by atoms with E-state index in [4.69, 9.17) is 0 Å². The largest absolute Gasteiger partial charge is 0.206 e. The second-order valence-corrected chi connectivity index (χ2v) is 3.23. The molecule has 60 valence electrons. The van der Waals surface area contributed by atoms with Gasteiger partial charge in [-0.05, 0) is 25.7 Å². The summed E-state index contributed by atoms with van der Waals surface area (Å²) in [4.78, 5) is 0. The van der Waals surface area contributed by atoms with Gasteiger partial charge in [-0.1, -0.05) is 11.6 Å². The van der Waals surface area contributed by atoms with Crippen LogP contribution in [-0.2, 0) is 0 Å². The van der Waals surface area contributed by atoms with E-state index < -0.39 is 0 Å². The van der Waals surface area contributed by atoms with Crippen molar-refractivity contribution >= 4 is 0 Å². The van der Waals surface area contributed by atoms with Crippen LogP contribution in [0.15, 0.2) is 12.4 Å². The molecule has 1 N–H and O–H groups in total. The fraction of sp³-hybridized carbons (Fsp3) is 0.750. The number of H-pyrrole nitrogens is 1. The maximum atomic E-state index is 3.94. The highest BCUT2D eigenvalue weighted by Gasteiger charge is 2.19. The molecular formula is C8H14N3+. The zero-order valence-electron chi connectivity index (χ0n) is 6.66. The van der Waals surface area contributed by atoms with E-state index in [1.165, 1.54) is 32.1 Å². The van der Waals surface area contributed by atoms with Gasteiger partial charge in [-0.2, -0.15) is 4.68 Å². The third-order valence-electron chi connectivity index (χ3n) is 2.44. The summed E-state index contributed by atoms with van der Waals surface area (Å²) >= 11 is 0. The number of rotatable bonds is 1. The molecule has 0 aliphatic heterocycles. The zero-order chi connectivity index (χ0) is 7.52. The molecule has 3 heteroatoms. The van der Waals surface area contributed by atoms with Gasteiger partial charge in [-0.15, -0.1) is 0 Å². The standard InChI is InChI=1S/C8H13N3/c1-2-4-8(5-3-1)11-7-6-9-10-11/h6-8H,1-5H2/p+1. The van der Waals surface area contributed by atoms with Crippen molar-refractivity contribution in [2.75, 3.05) is 0 Å². The summed E-state index contributed by atoms with van der Waals surface area (Å²) in [5.74, 6) is 0. The van der Waals surface area contributed by atoms with Gasteiger partial charge in [0.15, 0.2) is 6.20 Å². The molecule has 1 fully saturated rings. The Bertz CT molecular complexity index is 199. The second kappa shape index (κ2) is 3.03. The third-order valence-corrected chi connectivity index (χ3v) is 2.44. The van der Waals surface area contributed by atoms with Crippen molar-refractivity contribution in [1.29, 1.82) is 0 Å². The molecule has 1 saturated carbocycles. The molecule has 1 aromatic heterocycles. The van der Waals surface area contributed by atoms with Crippen LogP contribution < -0.4 is 4.68 Å². The molecule has 0 spiro atoms. The Morgan fingerprint density at radius 1 is 1.27 bits per heavy atom. The highest BCUT2D eigenvalue weighted by molar-refractivity contribution is 4.60. The van der Waals surface area contributed by atoms with Gasteiger partial charge in [0.25, 0.3) is 0 Å². The number of aromatic amines is 1. The van der Waals surface area contributed by atoms with Crippen LogP contribution in [0.5, 0.6) is 0 Å². The summed E-state index contributed by atoms with van der Waals surface area (Å²) in [5.41, 5.74) is 0. The van der Waals surface area contributed by atoms with Gasteiger partial charge in [0, 0.05) is 5.10 Å². The lowest BCUT2D eigenvalue weighted by Crippen LogP contribution is -2.41. The smallest absolute Gasteiger partial charge is 0.160 e. The first-order chi connectivity index (χ1) is 5.47. The van der Waals surface area contributed by atoms with E-state index in [1.807, 2.05) is 12.4 Å². The molecule has 0 aromatic carbocycles. The lowest BCUT2D eigenvalue weighted by molar-refractivity contribution is -0.779. The average Bonchev–Trinajstić information content (AvgIpc) is 2.58. The average molecular weight is 152 g/mol. The number of hydrogen-bond acceptors (Lipinski definition) is 1. The zero-order valence-corrected chi connectivity index (χ0v) is 6.66. The molecule has 1 aliphatic rings. The van der Waals surface area contributed by atoms with E-state index in [0.29, 0.717) is 6.04 Å². The van der Waals surface area contributed by atoms with E-state index in [2.05, 4.69) is 15.0 Å². The molecular weight excluding hydrogens is 138 g/mol. The van der Waals surface area contributed by atoms with Gasteiger partial charge in [0.1, 0.15) is 6.04 Å². The summed E-state index contributed by atoms with van der Waals surface area (Å²) in [6.07, 6.45) is 10.6. The van der Waals surface area contributed by atoms with Crippen LogP contribution in [0.25, 0.3) is 0 Å². The molecule has 1 aromatic rings. The summed E-state index contributed by atoms with van der Waals surface area (Å²) in [5, 5.41) is 6.91. The van der Waals surface area contributed by atoms with E-state index >= 15 is 0 Å². The Morgan fingerprint density at radius 2 is 2.09 bits per heavy atom. The monoisotopic (exact) mass is 152 g/mol. The van der Waals surface area contributed by atoms with Crippen molar-refractivity contribution in [1.82, 2.24) is 10.3 Å². The highest BCUT2D eigenvalue weighted by Crippen LogP contribution is 2.22. The molecule has 3 nitrogen and oxygen atoms in total. The first-order valence-electron chi connectivity index (χ1n) is 4.37. The number of nitrogens with one attached hydrogen (secondary N) is 1. The molecule has 1 aliphatic carbocycles. The molecule has 0 unspecified atom stereocenters. The van der Waals surface area contributed by atoms with Crippen molar-refractivity contribution in [2.24, 2.45) is 0 Å². The lowest BCUT2D eigenvalue weighted by Gasteiger charge is -2.16. The number of hydrogen-bond donors (Lipinski definition) is 1. The first-order valence-corrected chi connectivity index (χ1v) is 4.37. The molecule has 0 atom stereocenters. The topological polar surface area (TPSA) is 32.6 Å². The van der Waals surface area contributed by atoms with Crippen molar-refractivity contribution in [3.63, 3.8) is 0 Å². The van der Waals surface area contributed by atoms with E-state index in [-0.39, 0.29) is 0 Å². The normalized spacial score (nSPS) is 20.4. The molecule has 11 heavy (non-hydrogen) atoms. The van der Waals surface area contributed by atoms with Crippen LogP contribution >= 0.6 is 0 Å². The van der Waals surface area contributed by atoms with Gasteiger partial charge in [-0.3, -0.25) is 0 Å². The Morgan fingerprint density at radius 3 is 2.73 bits per heavy atom. The summed E-state index contributed by atoms with van der Waals surface area (Å²) in [6.45, 7) is 0.